The smallest absolute Gasteiger partial charge is 0.372 e. The first kappa shape index (κ1) is 14.0. The molecule has 0 heterocycles. The van der Waals surface area contributed by atoms with Gasteiger partial charge in [-0.3, -0.25) is 0 Å². The molecule has 0 aromatic carbocycles. The molecular weight excluding hydrogens is 240 g/mol. The van der Waals surface area contributed by atoms with Crippen LogP contribution in [0, 0.1) is 0 Å². The number of esters is 2. The summed E-state index contributed by atoms with van der Waals surface area (Å²) >= 11 is 0. The molecule has 0 amide bonds. The van der Waals surface area contributed by atoms with Gasteiger partial charge in [0, 0.05) is 0 Å². The van der Waals surface area contributed by atoms with Crippen LogP contribution in [-0.2, 0) is 23.8 Å². The summed E-state index contributed by atoms with van der Waals surface area (Å²) in [5.41, 5.74) is 0.227. The Morgan fingerprint density at radius 1 is 1.33 bits per heavy atom. The van der Waals surface area contributed by atoms with Crippen molar-refractivity contribution in [3.05, 3.63) is 36.1 Å². The molecule has 6 heteroatoms. The Balaban J connectivity index is 2.78. The van der Waals surface area contributed by atoms with Crippen LogP contribution in [0.3, 0.4) is 0 Å². The third-order valence-corrected chi connectivity index (χ3v) is 2.27. The van der Waals surface area contributed by atoms with E-state index >= 15 is 0 Å². The summed E-state index contributed by atoms with van der Waals surface area (Å²) in [6.45, 7) is 3.37. The molecule has 6 nitrogen and oxygen atoms in total. The van der Waals surface area contributed by atoms with E-state index in [2.05, 4.69) is 16.1 Å². The molecule has 0 saturated carbocycles. The lowest BCUT2D eigenvalue weighted by molar-refractivity contribution is -0.141. The molecule has 18 heavy (non-hydrogen) atoms. The molecule has 0 fully saturated rings. The molecule has 0 spiro atoms. The minimum Gasteiger partial charge on any atom is -0.476 e. The number of ether oxygens (including phenoxy) is 3. The Morgan fingerprint density at radius 2 is 2.00 bits per heavy atom. The van der Waals surface area contributed by atoms with Crippen LogP contribution in [0.5, 0.6) is 0 Å². The van der Waals surface area contributed by atoms with E-state index in [9.17, 15) is 14.7 Å². The number of carbonyl (C=O) groups excluding carboxylic acids is 2. The highest BCUT2D eigenvalue weighted by Gasteiger charge is 2.25. The van der Waals surface area contributed by atoms with Gasteiger partial charge >= 0.3 is 11.9 Å². The van der Waals surface area contributed by atoms with Crippen molar-refractivity contribution in [2.24, 2.45) is 0 Å². The SMILES string of the molecule is C=C(O[C@@H]1C=C(C(=O)OC)C=C[C@H]1O)C(=O)OC. The van der Waals surface area contributed by atoms with Crippen molar-refractivity contribution in [2.75, 3.05) is 14.2 Å². The summed E-state index contributed by atoms with van der Waals surface area (Å²) in [4.78, 5) is 22.4. The first-order chi connectivity index (χ1) is 8.49. The quantitative estimate of drug-likeness (QED) is 0.435. The molecule has 0 saturated heterocycles. The van der Waals surface area contributed by atoms with Crippen molar-refractivity contribution in [1.82, 2.24) is 0 Å². The van der Waals surface area contributed by atoms with Crippen LogP contribution in [0.25, 0.3) is 0 Å². The van der Waals surface area contributed by atoms with Gasteiger partial charge in [-0.2, -0.15) is 0 Å². The number of aliphatic hydroxyl groups is 1. The van der Waals surface area contributed by atoms with Gasteiger partial charge in [0.1, 0.15) is 12.2 Å². The van der Waals surface area contributed by atoms with Crippen molar-refractivity contribution in [3.63, 3.8) is 0 Å². The highest BCUT2D eigenvalue weighted by Crippen LogP contribution is 2.18. The maximum Gasteiger partial charge on any atom is 0.372 e. The van der Waals surface area contributed by atoms with Gasteiger partial charge in [-0.1, -0.05) is 6.08 Å². The number of aliphatic hydroxyl groups excluding tert-OH is 1. The first-order valence-electron chi connectivity index (χ1n) is 5.10. The molecule has 0 radical (unpaired) electrons. The van der Waals surface area contributed by atoms with Crippen LogP contribution in [0.1, 0.15) is 0 Å². The van der Waals surface area contributed by atoms with Crippen molar-refractivity contribution in [3.8, 4) is 0 Å². The zero-order valence-corrected chi connectivity index (χ0v) is 10.1. The summed E-state index contributed by atoms with van der Waals surface area (Å²) in [7, 11) is 2.43. The van der Waals surface area contributed by atoms with Crippen molar-refractivity contribution < 1.29 is 28.9 Å². The second kappa shape index (κ2) is 6.02. The van der Waals surface area contributed by atoms with E-state index in [0.717, 1.165) is 0 Å². The van der Waals surface area contributed by atoms with Crippen LogP contribution >= 0.6 is 0 Å². The zero-order chi connectivity index (χ0) is 13.7. The fourth-order valence-corrected chi connectivity index (χ4v) is 1.33. The van der Waals surface area contributed by atoms with Crippen molar-refractivity contribution >= 4 is 11.9 Å². The summed E-state index contributed by atoms with van der Waals surface area (Å²) < 4.78 is 14.1. The molecule has 0 aromatic heterocycles. The third-order valence-electron chi connectivity index (χ3n) is 2.27. The molecule has 1 N–H and O–H groups in total. The number of carbonyl (C=O) groups is 2. The first-order valence-corrected chi connectivity index (χ1v) is 5.10. The van der Waals surface area contributed by atoms with Crippen molar-refractivity contribution in [2.45, 2.75) is 12.2 Å². The molecule has 2 atom stereocenters. The number of hydrogen-bond donors (Lipinski definition) is 1. The Labute approximate surface area is 104 Å². The third kappa shape index (κ3) is 3.21. The lowest BCUT2D eigenvalue weighted by Crippen LogP contribution is -2.30. The molecule has 0 bridgehead atoms. The fraction of sp³-hybridized carbons (Fsp3) is 0.333. The number of rotatable bonds is 4. The van der Waals surface area contributed by atoms with E-state index in [4.69, 9.17) is 4.74 Å². The molecule has 1 aliphatic carbocycles. The van der Waals surface area contributed by atoms with E-state index in [1.807, 2.05) is 0 Å². The van der Waals surface area contributed by atoms with Gasteiger partial charge in [0.2, 0.25) is 0 Å². The molecule has 1 rings (SSSR count). The van der Waals surface area contributed by atoms with Gasteiger partial charge in [0.05, 0.1) is 19.8 Å². The Bertz CT molecular complexity index is 420. The maximum absolute atomic E-state index is 11.3. The minimum absolute atomic E-state index is 0.227. The van der Waals surface area contributed by atoms with Gasteiger partial charge in [-0.15, -0.1) is 0 Å². The summed E-state index contributed by atoms with van der Waals surface area (Å²) in [5, 5.41) is 9.64. The number of hydrogen-bond acceptors (Lipinski definition) is 6. The second-order valence-corrected chi connectivity index (χ2v) is 3.46. The second-order valence-electron chi connectivity index (χ2n) is 3.46. The topological polar surface area (TPSA) is 82.1 Å². The molecule has 0 unspecified atom stereocenters. The average Bonchev–Trinajstić information content (AvgIpc) is 2.39. The van der Waals surface area contributed by atoms with Crippen LogP contribution in [-0.4, -0.2) is 43.5 Å². The standard InChI is InChI=1S/C12H14O6/c1-7(11(14)16-2)18-10-6-8(12(15)17-3)4-5-9(10)13/h4-6,9-10,13H,1H2,2-3H3/t9-,10-/m1/s1. The highest BCUT2D eigenvalue weighted by atomic mass is 16.6. The maximum atomic E-state index is 11.3. The normalized spacial score (nSPS) is 21.8. The summed E-state index contributed by atoms with van der Waals surface area (Å²) in [5.74, 6) is -1.56. The Hall–Kier alpha value is -2.08. The van der Waals surface area contributed by atoms with Crippen LogP contribution < -0.4 is 0 Å². The van der Waals surface area contributed by atoms with Gasteiger partial charge in [-0.05, 0) is 18.7 Å². The van der Waals surface area contributed by atoms with E-state index in [1.54, 1.807) is 0 Å². The summed E-state index contributed by atoms with van der Waals surface area (Å²) in [6.07, 6.45) is 2.25. The van der Waals surface area contributed by atoms with Gasteiger partial charge < -0.3 is 19.3 Å². The predicted molar refractivity (Wildman–Crippen MR) is 61.3 cm³/mol. The van der Waals surface area contributed by atoms with Gasteiger partial charge in [0.25, 0.3) is 0 Å². The van der Waals surface area contributed by atoms with Crippen LogP contribution in [0.2, 0.25) is 0 Å². The minimum atomic E-state index is -0.986. The molecule has 98 valence electrons. The van der Waals surface area contributed by atoms with Crippen LogP contribution in [0.15, 0.2) is 36.1 Å². The monoisotopic (exact) mass is 254 g/mol. The highest BCUT2D eigenvalue weighted by molar-refractivity contribution is 5.92. The van der Waals surface area contributed by atoms with E-state index in [-0.39, 0.29) is 11.3 Å². The average molecular weight is 254 g/mol. The van der Waals surface area contributed by atoms with E-state index in [1.165, 1.54) is 32.4 Å². The molecule has 0 aliphatic heterocycles. The lowest BCUT2D eigenvalue weighted by atomic mass is 10.0. The van der Waals surface area contributed by atoms with E-state index in [0.29, 0.717) is 0 Å². The van der Waals surface area contributed by atoms with Crippen molar-refractivity contribution in [1.29, 1.82) is 0 Å². The molecule has 0 aromatic rings. The molecule has 1 aliphatic rings. The largest absolute Gasteiger partial charge is 0.476 e. The van der Waals surface area contributed by atoms with Crippen LogP contribution in [0.4, 0.5) is 0 Å². The van der Waals surface area contributed by atoms with E-state index < -0.39 is 24.1 Å². The number of methoxy groups -OCH3 is 2. The lowest BCUT2D eigenvalue weighted by Gasteiger charge is -2.22. The zero-order valence-electron chi connectivity index (χ0n) is 10.1. The Kier molecular flexibility index (Phi) is 4.67. The summed E-state index contributed by atoms with van der Waals surface area (Å²) in [6, 6.07) is 0. The van der Waals surface area contributed by atoms with Gasteiger partial charge in [0.15, 0.2) is 5.76 Å². The fourth-order valence-electron chi connectivity index (χ4n) is 1.33. The Morgan fingerprint density at radius 3 is 2.56 bits per heavy atom. The predicted octanol–water partition coefficient (Wildman–Crippen LogP) is 0.0884. The molecular formula is C12H14O6. The van der Waals surface area contributed by atoms with Gasteiger partial charge in [-0.25, -0.2) is 9.59 Å².